The molecule has 0 radical (unpaired) electrons. The van der Waals surface area contributed by atoms with Crippen LogP contribution in [0.25, 0.3) is 0 Å². The van der Waals surface area contributed by atoms with Crippen molar-refractivity contribution in [2.75, 3.05) is 0 Å². The van der Waals surface area contributed by atoms with Gasteiger partial charge in [0.25, 0.3) is 0 Å². The molecule has 1 atom stereocenters. The van der Waals surface area contributed by atoms with E-state index in [4.69, 9.17) is 0 Å². The Kier molecular flexibility index (Phi) is 2.22. The molecule has 0 aliphatic heterocycles. The Labute approximate surface area is 74.5 Å². The van der Waals surface area contributed by atoms with E-state index in [0.29, 0.717) is 5.92 Å². The van der Waals surface area contributed by atoms with Gasteiger partial charge in [-0.2, -0.15) is 0 Å². The first-order chi connectivity index (χ1) is 5.81. The van der Waals surface area contributed by atoms with E-state index in [0.717, 1.165) is 12.8 Å². The molecule has 1 nitrogen and oxygen atoms in total. The largest absolute Gasteiger partial charge is 0.389 e. The van der Waals surface area contributed by atoms with Crippen molar-refractivity contribution in [3.63, 3.8) is 0 Å². The molecule has 2 aliphatic rings. The van der Waals surface area contributed by atoms with Crippen LogP contribution in [-0.2, 0) is 0 Å². The zero-order valence-corrected chi connectivity index (χ0v) is 7.63. The van der Waals surface area contributed by atoms with Gasteiger partial charge in [0.1, 0.15) is 0 Å². The average molecular weight is 166 g/mol. The Morgan fingerprint density at radius 1 is 1.17 bits per heavy atom. The van der Waals surface area contributed by atoms with Gasteiger partial charge in [0, 0.05) is 5.92 Å². The standard InChI is InChI=1S/C11H18O/c12-11(8-4-5-9-11)10-6-2-1-3-7-10/h2,6,10,12H,1,3-5,7-9H2/t10-/m1/s1. The number of hydrogen-bond donors (Lipinski definition) is 1. The SMILES string of the molecule is OC1([C@@H]2C=CCCC2)CCCC1. The quantitative estimate of drug-likeness (QED) is 0.594. The molecule has 0 aromatic carbocycles. The first-order valence-corrected chi connectivity index (χ1v) is 5.20. The molecule has 12 heavy (non-hydrogen) atoms. The lowest BCUT2D eigenvalue weighted by Crippen LogP contribution is -2.34. The maximum Gasteiger partial charge on any atom is 0.0710 e. The molecule has 1 N–H and O–H groups in total. The molecule has 0 bridgehead atoms. The van der Waals surface area contributed by atoms with Gasteiger partial charge in [0.2, 0.25) is 0 Å². The molecular weight excluding hydrogens is 148 g/mol. The second kappa shape index (κ2) is 3.21. The predicted octanol–water partition coefficient (Wildman–Crippen LogP) is 2.65. The van der Waals surface area contributed by atoms with Gasteiger partial charge < -0.3 is 5.11 Å². The summed E-state index contributed by atoms with van der Waals surface area (Å²) in [5, 5.41) is 10.3. The third-order valence-electron chi connectivity index (χ3n) is 3.41. The molecule has 1 heteroatoms. The summed E-state index contributed by atoms with van der Waals surface area (Å²) in [5.41, 5.74) is -0.322. The maximum absolute atomic E-state index is 10.3. The summed E-state index contributed by atoms with van der Waals surface area (Å²) in [6.45, 7) is 0. The lowest BCUT2D eigenvalue weighted by Gasteiger charge is -2.32. The van der Waals surface area contributed by atoms with Crippen molar-refractivity contribution in [1.82, 2.24) is 0 Å². The Hall–Kier alpha value is -0.300. The summed E-state index contributed by atoms with van der Waals surface area (Å²) >= 11 is 0. The topological polar surface area (TPSA) is 20.2 Å². The normalized spacial score (nSPS) is 33.9. The van der Waals surface area contributed by atoms with Crippen molar-refractivity contribution in [2.24, 2.45) is 5.92 Å². The first-order valence-electron chi connectivity index (χ1n) is 5.20. The monoisotopic (exact) mass is 166 g/mol. The van der Waals surface area contributed by atoms with Crippen LogP contribution in [0.2, 0.25) is 0 Å². The Morgan fingerprint density at radius 2 is 1.92 bits per heavy atom. The Bertz CT molecular complexity index is 177. The maximum atomic E-state index is 10.3. The summed E-state index contributed by atoms with van der Waals surface area (Å²) in [4.78, 5) is 0. The minimum absolute atomic E-state index is 0.322. The third kappa shape index (κ3) is 1.42. The molecule has 0 aromatic heterocycles. The zero-order valence-electron chi connectivity index (χ0n) is 7.63. The van der Waals surface area contributed by atoms with Crippen molar-refractivity contribution < 1.29 is 5.11 Å². The van der Waals surface area contributed by atoms with E-state index < -0.39 is 0 Å². The summed E-state index contributed by atoms with van der Waals surface area (Å²) in [6.07, 6.45) is 12.7. The minimum atomic E-state index is -0.322. The lowest BCUT2D eigenvalue weighted by molar-refractivity contribution is 0.00115. The fourth-order valence-corrected chi connectivity index (χ4v) is 2.62. The predicted molar refractivity (Wildman–Crippen MR) is 49.9 cm³/mol. The van der Waals surface area contributed by atoms with Gasteiger partial charge >= 0.3 is 0 Å². The summed E-state index contributed by atoms with van der Waals surface area (Å²) in [6, 6.07) is 0. The summed E-state index contributed by atoms with van der Waals surface area (Å²) in [5.74, 6) is 0.466. The Morgan fingerprint density at radius 3 is 2.50 bits per heavy atom. The highest BCUT2D eigenvalue weighted by molar-refractivity contribution is 5.04. The van der Waals surface area contributed by atoms with Crippen LogP contribution < -0.4 is 0 Å². The first kappa shape index (κ1) is 8.31. The molecule has 0 heterocycles. The molecular formula is C11H18O. The molecule has 0 unspecified atom stereocenters. The second-order valence-corrected chi connectivity index (χ2v) is 4.28. The number of allylic oxidation sites excluding steroid dienone is 1. The highest BCUT2D eigenvalue weighted by atomic mass is 16.3. The van der Waals surface area contributed by atoms with Crippen LogP contribution in [0.5, 0.6) is 0 Å². The van der Waals surface area contributed by atoms with Gasteiger partial charge in [-0.05, 0) is 32.1 Å². The molecule has 0 aromatic rings. The van der Waals surface area contributed by atoms with E-state index in [1.165, 1.54) is 32.1 Å². The van der Waals surface area contributed by atoms with E-state index in [1.807, 2.05) is 0 Å². The fourth-order valence-electron chi connectivity index (χ4n) is 2.62. The molecule has 0 amide bonds. The second-order valence-electron chi connectivity index (χ2n) is 4.28. The van der Waals surface area contributed by atoms with Crippen LogP contribution in [0.1, 0.15) is 44.9 Å². The summed E-state index contributed by atoms with van der Waals surface area (Å²) in [7, 11) is 0. The highest BCUT2D eigenvalue weighted by Gasteiger charge is 2.37. The number of rotatable bonds is 1. The van der Waals surface area contributed by atoms with Crippen molar-refractivity contribution in [2.45, 2.75) is 50.5 Å². The van der Waals surface area contributed by atoms with Gasteiger partial charge in [-0.1, -0.05) is 25.0 Å². The fraction of sp³-hybridized carbons (Fsp3) is 0.818. The van der Waals surface area contributed by atoms with Crippen molar-refractivity contribution in [1.29, 1.82) is 0 Å². The van der Waals surface area contributed by atoms with Crippen LogP contribution in [0.15, 0.2) is 12.2 Å². The van der Waals surface area contributed by atoms with Gasteiger partial charge in [-0.3, -0.25) is 0 Å². The molecule has 68 valence electrons. The van der Waals surface area contributed by atoms with E-state index in [1.54, 1.807) is 0 Å². The van der Waals surface area contributed by atoms with E-state index in [2.05, 4.69) is 12.2 Å². The van der Waals surface area contributed by atoms with Crippen molar-refractivity contribution >= 4 is 0 Å². The Balaban J connectivity index is 2.05. The lowest BCUT2D eigenvalue weighted by atomic mass is 9.80. The van der Waals surface area contributed by atoms with Crippen molar-refractivity contribution in [3.05, 3.63) is 12.2 Å². The van der Waals surface area contributed by atoms with Crippen LogP contribution >= 0.6 is 0 Å². The smallest absolute Gasteiger partial charge is 0.0710 e. The van der Waals surface area contributed by atoms with Crippen molar-refractivity contribution in [3.8, 4) is 0 Å². The van der Waals surface area contributed by atoms with Crippen LogP contribution in [0.3, 0.4) is 0 Å². The highest BCUT2D eigenvalue weighted by Crippen LogP contribution is 2.40. The van der Waals surface area contributed by atoms with Gasteiger partial charge in [-0.25, -0.2) is 0 Å². The van der Waals surface area contributed by atoms with E-state index >= 15 is 0 Å². The molecule has 1 saturated carbocycles. The van der Waals surface area contributed by atoms with Crippen LogP contribution in [-0.4, -0.2) is 10.7 Å². The van der Waals surface area contributed by atoms with Gasteiger partial charge in [-0.15, -0.1) is 0 Å². The van der Waals surface area contributed by atoms with Gasteiger partial charge in [0.05, 0.1) is 5.60 Å². The average Bonchev–Trinajstić information content (AvgIpc) is 2.55. The van der Waals surface area contributed by atoms with E-state index in [-0.39, 0.29) is 5.60 Å². The minimum Gasteiger partial charge on any atom is -0.389 e. The number of hydrogen-bond acceptors (Lipinski definition) is 1. The molecule has 2 aliphatic carbocycles. The zero-order chi connectivity index (χ0) is 8.44. The van der Waals surface area contributed by atoms with Crippen LogP contribution in [0, 0.1) is 5.92 Å². The van der Waals surface area contributed by atoms with Crippen LogP contribution in [0.4, 0.5) is 0 Å². The molecule has 0 spiro atoms. The molecule has 1 fully saturated rings. The third-order valence-corrected chi connectivity index (χ3v) is 3.41. The molecule has 0 saturated heterocycles. The van der Waals surface area contributed by atoms with Gasteiger partial charge in [0.15, 0.2) is 0 Å². The molecule has 2 rings (SSSR count). The van der Waals surface area contributed by atoms with E-state index in [9.17, 15) is 5.11 Å². The summed E-state index contributed by atoms with van der Waals surface area (Å²) < 4.78 is 0. The number of aliphatic hydroxyl groups is 1.